The first-order valence-electron chi connectivity index (χ1n) is 6.07. The summed E-state index contributed by atoms with van der Waals surface area (Å²) in [7, 11) is 6.18. The van der Waals surface area contributed by atoms with Crippen LogP contribution in [0.5, 0.6) is 0 Å². The fourth-order valence-corrected chi connectivity index (χ4v) is 1.92. The van der Waals surface area contributed by atoms with Crippen molar-refractivity contribution in [2.24, 2.45) is 7.05 Å². The number of aromatic nitrogens is 1. The van der Waals surface area contributed by atoms with Crippen LogP contribution in [-0.4, -0.2) is 14.1 Å². The maximum atomic E-state index is 2.16. The molecule has 2 nitrogen and oxygen atoms in total. The Bertz CT molecular complexity index is 557. The summed E-state index contributed by atoms with van der Waals surface area (Å²) in [4.78, 5) is 2.13. The summed E-state index contributed by atoms with van der Waals surface area (Å²) in [5.74, 6) is 0. The van der Waals surface area contributed by atoms with Crippen molar-refractivity contribution in [2.75, 3.05) is 19.0 Å². The van der Waals surface area contributed by atoms with Gasteiger partial charge in [-0.05, 0) is 23.8 Å². The Kier molecular flexibility index (Phi) is 3.78. The highest BCUT2D eigenvalue weighted by Crippen LogP contribution is 2.19. The normalized spacial score (nSPS) is 10.8. The quantitative estimate of drug-likeness (QED) is 0.747. The molecule has 1 aromatic carbocycles. The van der Waals surface area contributed by atoms with Crippen molar-refractivity contribution in [3.63, 3.8) is 0 Å². The maximum absolute atomic E-state index is 2.16. The van der Waals surface area contributed by atoms with Gasteiger partial charge in [0.05, 0.1) is 0 Å². The van der Waals surface area contributed by atoms with Gasteiger partial charge in [-0.3, -0.25) is 0 Å². The summed E-state index contributed by atoms with van der Waals surface area (Å²) in [6, 6.07) is 14.6. The Labute approximate surface area is 109 Å². The average molecular weight is 239 g/mol. The van der Waals surface area contributed by atoms with E-state index >= 15 is 0 Å². The van der Waals surface area contributed by atoms with Crippen molar-refractivity contribution in [1.82, 2.24) is 0 Å². The number of pyridine rings is 1. The second kappa shape index (κ2) is 5.50. The first-order valence-corrected chi connectivity index (χ1v) is 6.07. The van der Waals surface area contributed by atoms with E-state index in [0.717, 1.165) is 0 Å². The molecular formula is C16H19N2+. The minimum Gasteiger partial charge on any atom is -0.377 e. The molecular weight excluding hydrogens is 220 g/mol. The molecule has 18 heavy (non-hydrogen) atoms. The van der Waals surface area contributed by atoms with E-state index in [4.69, 9.17) is 0 Å². The molecule has 1 heterocycles. The third kappa shape index (κ3) is 2.77. The van der Waals surface area contributed by atoms with E-state index < -0.39 is 0 Å². The van der Waals surface area contributed by atoms with Crippen LogP contribution in [0.4, 0.5) is 5.69 Å². The van der Waals surface area contributed by atoms with Crippen molar-refractivity contribution >= 4 is 17.8 Å². The molecule has 0 atom stereocenters. The van der Waals surface area contributed by atoms with Crippen LogP contribution in [0.3, 0.4) is 0 Å². The molecule has 0 saturated heterocycles. The van der Waals surface area contributed by atoms with Crippen LogP contribution in [0.2, 0.25) is 0 Å². The van der Waals surface area contributed by atoms with Crippen LogP contribution < -0.4 is 9.47 Å². The SMILES string of the molecule is CN(C)c1ccccc1/C=C/c1cccc[n+]1C. The maximum Gasteiger partial charge on any atom is 0.204 e. The third-order valence-electron chi connectivity index (χ3n) is 2.95. The molecule has 0 aliphatic rings. The van der Waals surface area contributed by atoms with E-state index in [1.165, 1.54) is 16.9 Å². The molecule has 0 saturated carbocycles. The summed E-state index contributed by atoms with van der Waals surface area (Å²) in [6.07, 6.45) is 6.35. The van der Waals surface area contributed by atoms with Crippen LogP contribution in [0, 0.1) is 0 Å². The van der Waals surface area contributed by atoms with Gasteiger partial charge in [-0.15, -0.1) is 0 Å². The van der Waals surface area contributed by atoms with Gasteiger partial charge >= 0.3 is 0 Å². The lowest BCUT2D eigenvalue weighted by molar-refractivity contribution is -0.673. The topological polar surface area (TPSA) is 7.12 Å². The molecule has 2 rings (SSSR count). The molecule has 0 unspecified atom stereocenters. The fourth-order valence-electron chi connectivity index (χ4n) is 1.92. The van der Waals surface area contributed by atoms with E-state index in [0.29, 0.717) is 0 Å². The van der Waals surface area contributed by atoms with Gasteiger partial charge in [0.25, 0.3) is 0 Å². The highest BCUT2D eigenvalue weighted by atomic mass is 15.1. The number of benzene rings is 1. The Morgan fingerprint density at radius 1 is 0.944 bits per heavy atom. The number of nitrogens with zero attached hydrogens (tertiary/aromatic N) is 2. The Hall–Kier alpha value is -2.09. The first-order chi connectivity index (χ1) is 8.68. The summed E-state index contributed by atoms with van der Waals surface area (Å²) in [5, 5.41) is 0. The van der Waals surface area contributed by atoms with Gasteiger partial charge in [0, 0.05) is 38.0 Å². The van der Waals surface area contributed by atoms with Crippen LogP contribution in [0.1, 0.15) is 11.3 Å². The summed E-state index contributed by atoms with van der Waals surface area (Å²) >= 11 is 0. The van der Waals surface area contributed by atoms with Gasteiger partial charge < -0.3 is 4.90 Å². The molecule has 2 aromatic rings. The Morgan fingerprint density at radius 2 is 1.67 bits per heavy atom. The van der Waals surface area contributed by atoms with Crippen LogP contribution in [-0.2, 0) is 7.05 Å². The standard InChI is InChI=1S/C16H19N2/c1-17(2)16-10-5-4-8-14(16)11-12-15-9-6-7-13-18(15)3/h4-13H,1-3H3/q+1. The zero-order valence-electron chi connectivity index (χ0n) is 11.2. The third-order valence-corrected chi connectivity index (χ3v) is 2.95. The number of rotatable bonds is 3. The highest BCUT2D eigenvalue weighted by molar-refractivity contribution is 5.75. The zero-order valence-corrected chi connectivity index (χ0v) is 11.2. The van der Waals surface area contributed by atoms with Gasteiger partial charge in [-0.2, -0.15) is 0 Å². The molecule has 0 aliphatic carbocycles. The molecule has 0 amide bonds. The minimum atomic E-state index is 1.19. The predicted molar refractivity (Wildman–Crippen MR) is 77.3 cm³/mol. The van der Waals surface area contributed by atoms with Crippen LogP contribution in [0.25, 0.3) is 12.2 Å². The van der Waals surface area contributed by atoms with Crippen molar-refractivity contribution in [3.05, 3.63) is 59.9 Å². The van der Waals surface area contributed by atoms with Crippen molar-refractivity contribution in [1.29, 1.82) is 0 Å². The Balaban J connectivity index is 2.32. The van der Waals surface area contributed by atoms with Gasteiger partial charge in [0.15, 0.2) is 6.20 Å². The molecule has 0 fully saturated rings. The molecule has 2 heteroatoms. The van der Waals surface area contributed by atoms with E-state index in [1.807, 2.05) is 6.07 Å². The Morgan fingerprint density at radius 3 is 2.39 bits per heavy atom. The largest absolute Gasteiger partial charge is 0.377 e. The monoisotopic (exact) mass is 239 g/mol. The molecule has 0 N–H and O–H groups in total. The first kappa shape index (κ1) is 12.4. The van der Waals surface area contributed by atoms with Crippen molar-refractivity contribution < 1.29 is 4.57 Å². The van der Waals surface area contributed by atoms with Gasteiger partial charge in [0.1, 0.15) is 7.05 Å². The summed E-state index contributed by atoms with van der Waals surface area (Å²) < 4.78 is 2.11. The molecule has 0 spiro atoms. The molecule has 1 aromatic heterocycles. The second-order valence-electron chi connectivity index (χ2n) is 4.52. The average Bonchev–Trinajstić information content (AvgIpc) is 2.38. The van der Waals surface area contributed by atoms with Crippen molar-refractivity contribution in [2.45, 2.75) is 0 Å². The highest BCUT2D eigenvalue weighted by Gasteiger charge is 2.02. The lowest BCUT2D eigenvalue weighted by Gasteiger charge is -2.15. The molecule has 92 valence electrons. The lowest BCUT2D eigenvalue weighted by Crippen LogP contribution is -2.30. The molecule has 0 aliphatic heterocycles. The van der Waals surface area contributed by atoms with Gasteiger partial charge in [0.2, 0.25) is 5.69 Å². The lowest BCUT2D eigenvalue weighted by atomic mass is 10.1. The minimum absolute atomic E-state index is 1.19. The van der Waals surface area contributed by atoms with Gasteiger partial charge in [-0.1, -0.05) is 18.2 Å². The van der Waals surface area contributed by atoms with Crippen molar-refractivity contribution in [3.8, 4) is 0 Å². The summed E-state index contributed by atoms with van der Waals surface area (Å²) in [6.45, 7) is 0. The number of para-hydroxylation sites is 1. The number of anilines is 1. The van der Waals surface area contributed by atoms with Crippen LogP contribution >= 0.6 is 0 Å². The second-order valence-corrected chi connectivity index (χ2v) is 4.52. The van der Waals surface area contributed by atoms with Crippen LogP contribution in [0.15, 0.2) is 48.7 Å². The predicted octanol–water partition coefficient (Wildman–Crippen LogP) is 2.75. The summed E-state index contributed by atoms with van der Waals surface area (Å²) in [5.41, 5.74) is 3.64. The van der Waals surface area contributed by atoms with E-state index in [2.05, 4.69) is 85.4 Å². The number of hydrogen-bond acceptors (Lipinski definition) is 1. The number of hydrogen-bond donors (Lipinski definition) is 0. The van der Waals surface area contributed by atoms with Gasteiger partial charge in [-0.25, -0.2) is 4.57 Å². The van der Waals surface area contributed by atoms with E-state index in [1.54, 1.807) is 0 Å². The number of aryl methyl sites for hydroxylation is 1. The van der Waals surface area contributed by atoms with E-state index in [9.17, 15) is 0 Å². The smallest absolute Gasteiger partial charge is 0.204 e. The molecule has 0 bridgehead atoms. The van der Waals surface area contributed by atoms with E-state index in [-0.39, 0.29) is 0 Å². The molecule has 0 radical (unpaired) electrons. The zero-order chi connectivity index (χ0) is 13.0. The fraction of sp³-hybridized carbons (Fsp3) is 0.188.